The van der Waals surface area contributed by atoms with Crippen LogP contribution in [-0.2, 0) is 11.3 Å². The Morgan fingerprint density at radius 3 is 2.50 bits per heavy atom. The fraction of sp³-hybridized carbons (Fsp3) is 0.0909. The lowest BCUT2D eigenvalue weighted by Crippen LogP contribution is -2.28. The van der Waals surface area contributed by atoms with E-state index < -0.39 is 0 Å². The fourth-order valence-corrected chi connectivity index (χ4v) is 6.17. The summed E-state index contributed by atoms with van der Waals surface area (Å²) in [5.74, 6) is 1.46. The molecule has 0 atom stereocenters. The maximum absolute atomic E-state index is 13.2. The molecule has 152 valence electrons. The van der Waals surface area contributed by atoms with E-state index in [1.165, 1.54) is 11.8 Å². The maximum Gasteiger partial charge on any atom is 0.267 e. The van der Waals surface area contributed by atoms with Gasteiger partial charge in [-0.15, -0.1) is 0 Å². The van der Waals surface area contributed by atoms with E-state index in [9.17, 15) is 4.79 Å². The first-order valence-corrected chi connectivity index (χ1v) is 11.9. The van der Waals surface area contributed by atoms with Gasteiger partial charge in [0.2, 0.25) is 0 Å². The average Bonchev–Trinajstić information content (AvgIpc) is 3.33. The molecule has 30 heavy (non-hydrogen) atoms. The normalized spacial score (nSPS) is 16.6. The Labute approximate surface area is 205 Å². The molecule has 5 nitrogen and oxygen atoms in total. The molecule has 1 aliphatic rings. The van der Waals surface area contributed by atoms with Crippen molar-refractivity contribution < 1.29 is 13.9 Å². The van der Waals surface area contributed by atoms with Crippen molar-refractivity contribution in [2.75, 3.05) is 7.11 Å². The number of ether oxygens (including phenoxy) is 1. The number of carbonyl (C=O) groups is 1. The number of hydrogen-bond acceptors (Lipinski definition) is 5. The van der Waals surface area contributed by atoms with E-state index in [2.05, 4.69) is 45.2 Å². The lowest BCUT2D eigenvalue weighted by atomic mass is 10.2. The number of nitrogens with zero attached hydrogens (tertiary/aromatic N) is 2. The third-order valence-corrected chi connectivity index (χ3v) is 6.89. The number of aliphatic imine (C=N–C) groups is 1. The summed E-state index contributed by atoms with van der Waals surface area (Å²) in [5.41, 5.74) is 1.74. The van der Waals surface area contributed by atoms with Crippen LogP contribution in [0.4, 0.5) is 5.69 Å². The second-order valence-electron chi connectivity index (χ2n) is 6.33. The first kappa shape index (κ1) is 21.4. The molecule has 0 saturated carbocycles. The second-order valence-corrected chi connectivity index (χ2v) is 9.66. The zero-order chi connectivity index (χ0) is 21.1. The van der Waals surface area contributed by atoms with Crippen LogP contribution in [0.15, 0.2) is 75.2 Å². The molecule has 1 fully saturated rings. The number of methoxy groups -OCH3 is 1. The Morgan fingerprint density at radius 2 is 1.87 bits per heavy atom. The van der Waals surface area contributed by atoms with E-state index in [-0.39, 0.29) is 5.91 Å². The largest absolute Gasteiger partial charge is 0.495 e. The molecule has 3 aromatic rings. The predicted molar refractivity (Wildman–Crippen MR) is 137 cm³/mol. The maximum atomic E-state index is 13.2. The monoisotopic (exact) mass is 642 g/mol. The van der Waals surface area contributed by atoms with Crippen LogP contribution in [0.1, 0.15) is 11.3 Å². The Kier molecular flexibility index (Phi) is 6.84. The van der Waals surface area contributed by atoms with Gasteiger partial charge in [0, 0.05) is 0 Å². The van der Waals surface area contributed by atoms with E-state index in [0.29, 0.717) is 22.4 Å². The molecule has 2 aromatic carbocycles. The number of amidine groups is 1. The van der Waals surface area contributed by atoms with E-state index in [1.807, 2.05) is 60.7 Å². The van der Waals surface area contributed by atoms with Crippen LogP contribution in [0.3, 0.4) is 0 Å². The molecule has 1 amide bonds. The Hall–Kier alpha value is -1.79. The summed E-state index contributed by atoms with van der Waals surface area (Å²) in [6.45, 7) is 0.333. The highest BCUT2D eigenvalue weighted by Crippen LogP contribution is 2.36. The van der Waals surface area contributed by atoms with Gasteiger partial charge in [-0.25, -0.2) is 4.99 Å². The van der Waals surface area contributed by atoms with Crippen molar-refractivity contribution in [3.8, 4) is 5.75 Å². The number of carbonyl (C=O) groups excluding carboxylic acids is 1. The van der Waals surface area contributed by atoms with Gasteiger partial charge in [-0.3, -0.25) is 9.69 Å². The Balaban J connectivity index is 1.70. The van der Waals surface area contributed by atoms with Gasteiger partial charge in [0.25, 0.3) is 5.91 Å². The standard InChI is InChI=1S/C22H16I2N2O3S/c1-28-20-17(23)10-14(11-18(20)24)12-19-21(27)26(13-16-8-5-9-29-16)22(30-19)25-15-6-3-2-4-7-15/h2-12H,13H2,1H3/b19-12-,25-22?. The van der Waals surface area contributed by atoms with Crippen LogP contribution in [-0.4, -0.2) is 23.1 Å². The summed E-state index contributed by atoms with van der Waals surface area (Å²) < 4.78 is 12.9. The highest BCUT2D eigenvalue weighted by Gasteiger charge is 2.34. The zero-order valence-corrected chi connectivity index (χ0v) is 21.0. The smallest absolute Gasteiger partial charge is 0.267 e. The summed E-state index contributed by atoms with van der Waals surface area (Å²) in [6.07, 6.45) is 3.51. The molecule has 0 spiro atoms. The third kappa shape index (κ3) is 4.75. The summed E-state index contributed by atoms with van der Waals surface area (Å²) in [4.78, 5) is 20.2. The van der Waals surface area contributed by atoms with Crippen molar-refractivity contribution in [1.29, 1.82) is 0 Å². The number of rotatable bonds is 5. The highest BCUT2D eigenvalue weighted by atomic mass is 127. The highest BCUT2D eigenvalue weighted by molar-refractivity contribution is 14.1. The summed E-state index contributed by atoms with van der Waals surface area (Å²) in [5, 5.41) is 0.631. The summed E-state index contributed by atoms with van der Waals surface area (Å²) >= 11 is 5.86. The molecule has 1 aliphatic heterocycles. The Morgan fingerprint density at radius 1 is 1.13 bits per heavy atom. The summed E-state index contributed by atoms with van der Waals surface area (Å²) in [6, 6.07) is 17.3. The molecular weight excluding hydrogens is 626 g/mol. The Bertz CT molecular complexity index is 1110. The van der Waals surface area contributed by atoms with Crippen molar-refractivity contribution in [3.63, 3.8) is 0 Å². The molecule has 0 aliphatic carbocycles. The molecule has 0 bridgehead atoms. The topological polar surface area (TPSA) is 55.0 Å². The second kappa shape index (κ2) is 9.56. The van der Waals surface area contributed by atoms with E-state index in [4.69, 9.17) is 14.1 Å². The third-order valence-electron chi connectivity index (χ3n) is 4.29. The van der Waals surface area contributed by atoms with Gasteiger partial charge in [-0.2, -0.15) is 0 Å². The number of furan rings is 1. The van der Waals surface area contributed by atoms with Crippen molar-refractivity contribution in [2.45, 2.75) is 6.54 Å². The van der Waals surface area contributed by atoms with Crippen molar-refractivity contribution >= 4 is 79.8 Å². The predicted octanol–water partition coefficient (Wildman–Crippen LogP) is 6.30. The molecule has 0 N–H and O–H groups in total. The number of benzene rings is 2. The number of para-hydroxylation sites is 1. The van der Waals surface area contributed by atoms with Crippen molar-refractivity contribution in [2.24, 2.45) is 4.99 Å². The van der Waals surface area contributed by atoms with Crippen molar-refractivity contribution in [3.05, 3.63) is 84.2 Å². The SMILES string of the molecule is COc1c(I)cc(/C=C2\SC(=Nc3ccccc3)N(Cc3ccco3)C2=O)cc1I. The molecule has 4 rings (SSSR count). The first-order chi connectivity index (χ1) is 14.5. The molecule has 0 unspecified atom stereocenters. The molecule has 0 radical (unpaired) electrons. The van der Waals surface area contributed by atoms with Gasteiger partial charge in [0.15, 0.2) is 5.17 Å². The molecule has 1 aromatic heterocycles. The van der Waals surface area contributed by atoms with Crippen molar-refractivity contribution in [1.82, 2.24) is 4.90 Å². The van der Waals surface area contributed by atoms with Gasteiger partial charge in [-0.1, -0.05) is 18.2 Å². The fourth-order valence-electron chi connectivity index (χ4n) is 2.91. The number of thioether (sulfide) groups is 1. The molecule has 8 heteroatoms. The van der Waals surface area contributed by atoms with Gasteiger partial charge in [0.05, 0.1) is 37.7 Å². The molecule has 2 heterocycles. The average molecular weight is 642 g/mol. The zero-order valence-electron chi connectivity index (χ0n) is 15.8. The van der Waals surface area contributed by atoms with E-state index in [1.54, 1.807) is 18.3 Å². The molecule has 1 saturated heterocycles. The number of halogens is 2. The minimum atomic E-state index is -0.0908. The van der Waals surface area contributed by atoms with Crippen LogP contribution in [0.25, 0.3) is 6.08 Å². The summed E-state index contributed by atoms with van der Waals surface area (Å²) in [7, 11) is 1.66. The molecular formula is C22H16I2N2O3S. The van der Waals surface area contributed by atoms with Crippen LogP contribution in [0.2, 0.25) is 0 Å². The minimum Gasteiger partial charge on any atom is -0.495 e. The van der Waals surface area contributed by atoms with Crippen LogP contribution < -0.4 is 4.74 Å². The van der Waals surface area contributed by atoms with E-state index >= 15 is 0 Å². The number of hydrogen-bond donors (Lipinski definition) is 0. The quantitative estimate of drug-likeness (QED) is 0.242. The van der Waals surface area contributed by atoms with Crippen LogP contribution >= 0.6 is 56.9 Å². The van der Waals surface area contributed by atoms with Crippen LogP contribution in [0.5, 0.6) is 5.75 Å². The lowest BCUT2D eigenvalue weighted by molar-refractivity contribution is -0.122. The van der Waals surface area contributed by atoms with Crippen LogP contribution in [0, 0.1) is 7.14 Å². The van der Waals surface area contributed by atoms with Gasteiger partial charge in [0.1, 0.15) is 11.5 Å². The van der Waals surface area contributed by atoms with Gasteiger partial charge in [-0.05, 0) is 105 Å². The minimum absolute atomic E-state index is 0.0908. The van der Waals surface area contributed by atoms with E-state index in [0.717, 1.165) is 24.1 Å². The van der Waals surface area contributed by atoms with Gasteiger partial charge < -0.3 is 9.15 Å². The first-order valence-electron chi connectivity index (χ1n) is 8.95. The lowest BCUT2D eigenvalue weighted by Gasteiger charge is -2.13. The van der Waals surface area contributed by atoms with Gasteiger partial charge >= 0.3 is 0 Å². The number of amides is 1.